The van der Waals surface area contributed by atoms with Crippen LogP contribution in [-0.4, -0.2) is 248 Å². The minimum Gasteiger partial charge on any atom is -0.394 e. The highest BCUT2D eigenvalue weighted by Crippen LogP contribution is 2.34. The standard InChI is InChI=1S/C30H57N5O21/c31-11-18(43)22(7(2-37)48-26(11)47)53-28-13(33)20(45)24(9(4-39)50-28)55-30-15(35)21(46)25(10(5-40)52-30)56-29-14(34)19(44)23(8(3-38)51-29)54-27-12(32)17(42)16(41)6(1-36)49-27/h6-30,36-47H,1-5,31-35H2/t6-,7-,8-,9-,10-,11-,12-,13-,14-,15-,16-,17-,18-,19-,20-,21-,22-,23-,24-,25-,26?,27+,28+,29+,30+/m1/s1. The third-order valence-corrected chi connectivity index (χ3v) is 10.7. The molecule has 0 bridgehead atoms. The summed E-state index contributed by atoms with van der Waals surface area (Å²) in [6.07, 6.45) is -30.5. The van der Waals surface area contributed by atoms with Crippen molar-refractivity contribution in [3.8, 4) is 0 Å². The minimum atomic E-state index is -1.74. The zero-order chi connectivity index (χ0) is 41.3. The molecule has 26 nitrogen and oxygen atoms in total. The second-order valence-corrected chi connectivity index (χ2v) is 14.4. The fraction of sp³-hybridized carbons (Fsp3) is 1.00. The largest absolute Gasteiger partial charge is 0.394 e. The Morgan fingerprint density at radius 3 is 0.875 bits per heavy atom. The van der Waals surface area contributed by atoms with E-state index in [0.717, 1.165) is 0 Å². The van der Waals surface area contributed by atoms with E-state index in [1.807, 2.05) is 0 Å². The number of hydrogen-bond acceptors (Lipinski definition) is 26. The van der Waals surface area contributed by atoms with Crippen LogP contribution >= 0.6 is 0 Å². The molecule has 5 rings (SSSR count). The molecule has 0 aromatic carbocycles. The van der Waals surface area contributed by atoms with Crippen LogP contribution in [-0.2, 0) is 42.6 Å². The van der Waals surface area contributed by atoms with E-state index in [1.165, 1.54) is 0 Å². The molecule has 328 valence electrons. The van der Waals surface area contributed by atoms with E-state index in [-0.39, 0.29) is 0 Å². The molecule has 0 radical (unpaired) electrons. The first-order chi connectivity index (χ1) is 26.5. The molecule has 5 fully saturated rings. The molecule has 5 aliphatic heterocycles. The fourth-order valence-corrected chi connectivity index (χ4v) is 7.25. The van der Waals surface area contributed by atoms with Crippen LogP contribution in [0.2, 0.25) is 0 Å². The molecule has 5 aliphatic rings. The van der Waals surface area contributed by atoms with Crippen molar-refractivity contribution in [3.05, 3.63) is 0 Å². The fourth-order valence-electron chi connectivity index (χ4n) is 7.25. The Hall–Kier alpha value is -1.04. The number of aliphatic hydroxyl groups is 12. The summed E-state index contributed by atoms with van der Waals surface area (Å²) >= 11 is 0. The van der Waals surface area contributed by atoms with Crippen LogP contribution in [0.1, 0.15) is 0 Å². The molecular formula is C30H57N5O21. The lowest BCUT2D eigenvalue weighted by Crippen LogP contribution is -2.70. The first kappa shape index (κ1) is 46.0. The molecule has 0 amide bonds. The first-order valence-electron chi connectivity index (χ1n) is 18.0. The highest BCUT2D eigenvalue weighted by atomic mass is 16.8. The van der Waals surface area contributed by atoms with Crippen LogP contribution in [0.5, 0.6) is 0 Å². The third-order valence-electron chi connectivity index (χ3n) is 10.7. The summed E-state index contributed by atoms with van der Waals surface area (Å²) in [4.78, 5) is 0. The van der Waals surface area contributed by atoms with E-state index in [4.69, 9.17) is 71.3 Å². The van der Waals surface area contributed by atoms with Gasteiger partial charge in [0.1, 0.15) is 91.6 Å². The molecular weight excluding hydrogens is 766 g/mol. The summed E-state index contributed by atoms with van der Waals surface area (Å²) in [5, 5.41) is 124. The Morgan fingerprint density at radius 2 is 0.571 bits per heavy atom. The SMILES string of the molecule is N[C@H]1[C@H](O[C@H]2[C@H](O)[C@@H](N)[C@H](O[C@H]3[C@H](O)[C@@H](N)[C@H](O[C@H]4[C@H](O)[C@@H](N)[C@H](O[C@H]5[C@H](O)[C@@H](N)C(O)O[C@@H]5CO)O[C@@H]4CO)O[C@@H]3CO)O[C@@H]2CO)O[C@H](CO)[C@@H](O)[C@@H]1O. The summed E-state index contributed by atoms with van der Waals surface area (Å²) in [6, 6.07) is -7.14. The maximum atomic E-state index is 11.3. The Morgan fingerprint density at radius 1 is 0.321 bits per heavy atom. The van der Waals surface area contributed by atoms with Crippen LogP contribution in [0, 0.1) is 0 Å². The van der Waals surface area contributed by atoms with Gasteiger partial charge in [-0.05, 0) is 0 Å². The molecule has 0 aliphatic carbocycles. The molecule has 26 heteroatoms. The number of rotatable bonds is 13. The van der Waals surface area contributed by atoms with Crippen LogP contribution < -0.4 is 28.7 Å². The van der Waals surface area contributed by atoms with Crippen molar-refractivity contribution >= 4 is 0 Å². The van der Waals surface area contributed by atoms with E-state index in [1.54, 1.807) is 0 Å². The summed E-state index contributed by atoms with van der Waals surface area (Å²) in [5.41, 5.74) is 30.4. The van der Waals surface area contributed by atoms with Gasteiger partial charge in [0, 0.05) is 0 Å². The normalized spacial score (nSPS) is 53.2. The summed E-state index contributed by atoms with van der Waals surface area (Å²) in [6.45, 7) is -3.86. The van der Waals surface area contributed by atoms with E-state index >= 15 is 0 Å². The first-order valence-corrected chi connectivity index (χ1v) is 18.0. The Balaban J connectivity index is 1.22. The minimum absolute atomic E-state index is 0.711. The smallest absolute Gasteiger partial charge is 0.176 e. The van der Waals surface area contributed by atoms with Gasteiger partial charge >= 0.3 is 0 Å². The zero-order valence-electron chi connectivity index (χ0n) is 29.9. The summed E-state index contributed by atoms with van der Waals surface area (Å²) in [5.74, 6) is 0. The van der Waals surface area contributed by atoms with Crippen molar-refractivity contribution in [2.75, 3.05) is 33.0 Å². The second-order valence-electron chi connectivity index (χ2n) is 14.4. The average molecular weight is 824 g/mol. The van der Waals surface area contributed by atoms with Gasteiger partial charge in [0.25, 0.3) is 0 Å². The summed E-state index contributed by atoms with van der Waals surface area (Å²) < 4.78 is 51.1. The zero-order valence-corrected chi connectivity index (χ0v) is 29.9. The summed E-state index contributed by atoms with van der Waals surface area (Å²) in [7, 11) is 0. The molecule has 25 atom stereocenters. The van der Waals surface area contributed by atoms with E-state index in [0.29, 0.717) is 0 Å². The maximum absolute atomic E-state index is 11.3. The Kier molecular flexibility index (Phi) is 16.1. The Labute approximate surface area is 319 Å². The van der Waals surface area contributed by atoms with Crippen molar-refractivity contribution in [2.45, 2.75) is 153 Å². The van der Waals surface area contributed by atoms with Gasteiger partial charge in [-0.1, -0.05) is 0 Å². The maximum Gasteiger partial charge on any atom is 0.176 e. The molecule has 22 N–H and O–H groups in total. The van der Waals surface area contributed by atoms with Gasteiger partial charge < -0.3 is 133 Å². The predicted molar refractivity (Wildman–Crippen MR) is 176 cm³/mol. The van der Waals surface area contributed by atoms with Crippen LogP contribution in [0.15, 0.2) is 0 Å². The lowest BCUT2D eigenvalue weighted by Gasteiger charge is -2.50. The number of nitrogens with two attached hydrogens (primary N) is 5. The molecule has 0 aromatic heterocycles. The highest BCUT2D eigenvalue weighted by molar-refractivity contribution is 5.01. The van der Waals surface area contributed by atoms with Crippen molar-refractivity contribution in [1.82, 2.24) is 0 Å². The van der Waals surface area contributed by atoms with Crippen molar-refractivity contribution in [3.63, 3.8) is 0 Å². The van der Waals surface area contributed by atoms with Gasteiger partial charge in [0.05, 0.1) is 63.2 Å². The monoisotopic (exact) mass is 823 g/mol. The second kappa shape index (κ2) is 19.6. The molecule has 1 unspecified atom stereocenters. The number of aliphatic hydroxyl groups excluding tert-OH is 12. The topological polar surface area (TPSA) is 456 Å². The lowest BCUT2D eigenvalue weighted by atomic mass is 9.94. The van der Waals surface area contributed by atoms with Crippen molar-refractivity contribution in [1.29, 1.82) is 0 Å². The van der Waals surface area contributed by atoms with Crippen LogP contribution in [0.25, 0.3) is 0 Å². The third kappa shape index (κ3) is 9.16. The van der Waals surface area contributed by atoms with Gasteiger partial charge in [-0.25, -0.2) is 0 Å². The molecule has 5 saturated heterocycles. The highest BCUT2D eigenvalue weighted by Gasteiger charge is 2.55. The molecule has 0 saturated carbocycles. The van der Waals surface area contributed by atoms with Gasteiger partial charge in [-0.3, -0.25) is 0 Å². The molecule has 0 aromatic rings. The number of hydrogen-bond donors (Lipinski definition) is 17. The Bertz CT molecular complexity index is 1220. The van der Waals surface area contributed by atoms with E-state index in [2.05, 4.69) is 0 Å². The van der Waals surface area contributed by atoms with Crippen molar-refractivity contribution in [2.24, 2.45) is 28.7 Å². The van der Waals surface area contributed by atoms with Gasteiger partial charge in [-0.2, -0.15) is 0 Å². The van der Waals surface area contributed by atoms with Gasteiger partial charge in [-0.15, -0.1) is 0 Å². The lowest BCUT2D eigenvalue weighted by molar-refractivity contribution is -0.364. The van der Waals surface area contributed by atoms with Crippen LogP contribution in [0.4, 0.5) is 0 Å². The molecule has 56 heavy (non-hydrogen) atoms. The number of ether oxygens (including phenoxy) is 9. The van der Waals surface area contributed by atoms with E-state index in [9.17, 15) is 61.3 Å². The van der Waals surface area contributed by atoms with Gasteiger partial charge in [0.15, 0.2) is 31.5 Å². The average Bonchev–Trinajstić information content (AvgIpc) is 3.19. The van der Waals surface area contributed by atoms with E-state index < -0.39 is 186 Å². The predicted octanol–water partition coefficient (Wildman–Crippen LogP) is -12.1. The van der Waals surface area contributed by atoms with Crippen molar-refractivity contribution < 1.29 is 104 Å². The quantitative estimate of drug-likeness (QED) is 0.0820. The van der Waals surface area contributed by atoms with Crippen LogP contribution in [0.3, 0.4) is 0 Å². The molecule has 0 spiro atoms. The van der Waals surface area contributed by atoms with Gasteiger partial charge in [0.2, 0.25) is 0 Å². The molecule has 5 heterocycles.